The van der Waals surface area contributed by atoms with E-state index in [0.29, 0.717) is 58.6 Å². The fourth-order valence-electron chi connectivity index (χ4n) is 4.85. The van der Waals surface area contributed by atoms with Crippen molar-refractivity contribution in [2.45, 2.75) is 26.2 Å². The van der Waals surface area contributed by atoms with E-state index in [0.717, 1.165) is 36.4 Å². The van der Waals surface area contributed by atoms with Crippen LogP contribution in [0.2, 0.25) is 0 Å². The first-order chi connectivity index (χ1) is 18.0. The number of nitriles is 1. The molecule has 0 aliphatic carbocycles. The van der Waals surface area contributed by atoms with E-state index in [2.05, 4.69) is 21.7 Å². The van der Waals surface area contributed by atoms with Crippen molar-refractivity contribution in [1.82, 2.24) is 15.6 Å². The molecule has 37 heavy (non-hydrogen) atoms. The lowest BCUT2D eigenvalue weighted by molar-refractivity contribution is -0.118. The number of hydrogen-bond acceptors (Lipinski definition) is 8. The standard InChI is InChI=1S/C27H29N5O4S/c1-16-10-19(20-11-17(12-28)5-6-23(20)35-2)21(13-30-16)25(33)32-27-31-22-7-8-29-14-24(22)37(27)26(34)18-4-3-9-36-15-18/h5-6,10-11,13,18,29,37H,3-4,7-9,14-15H2,1-2H3,(H,31,32,33)/t18-/m1/s1. The molecule has 1 fully saturated rings. The molecule has 1 unspecified atom stereocenters. The van der Waals surface area contributed by atoms with Crippen LogP contribution in [0, 0.1) is 24.2 Å². The minimum Gasteiger partial charge on any atom is -0.496 e. The van der Waals surface area contributed by atoms with Gasteiger partial charge in [0.25, 0.3) is 5.91 Å². The number of amidine groups is 1. The first-order valence-corrected chi connectivity index (χ1v) is 13.6. The average molecular weight is 520 g/mol. The number of aryl methyl sites for hydroxylation is 1. The second-order valence-electron chi connectivity index (χ2n) is 9.20. The Bertz CT molecular complexity index is 1360. The van der Waals surface area contributed by atoms with E-state index in [-0.39, 0.29) is 11.0 Å². The molecule has 1 aromatic heterocycles. The first-order valence-electron chi connectivity index (χ1n) is 12.3. The molecule has 0 saturated carbocycles. The van der Waals surface area contributed by atoms with E-state index in [1.807, 2.05) is 6.92 Å². The number of nitrogens with zero attached hydrogens (tertiary/aromatic N) is 3. The molecule has 9 nitrogen and oxygen atoms in total. The number of benzene rings is 1. The number of carbonyl (C=O) groups is 2. The van der Waals surface area contributed by atoms with Crippen molar-refractivity contribution in [3.8, 4) is 22.9 Å². The zero-order chi connectivity index (χ0) is 25.9. The van der Waals surface area contributed by atoms with Crippen molar-refractivity contribution >= 4 is 27.1 Å². The molecular formula is C27H29N5O4S. The van der Waals surface area contributed by atoms with Gasteiger partial charge in [-0.3, -0.25) is 14.6 Å². The molecule has 2 atom stereocenters. The Kier molecular flexibility index (Phi) is 7.37. The summed E-state index contributed by atoms with van der Waals surface area (Å²) in [5.74, 6) is -0.0567. The second kappa shape index (κ2) is 10.8. The molecule has 192 valence electrons. The average Bonchev–Trinajstić information content (AvgIpc) is 3.30. The van der Waals surface area contributed by atoms with Crippen LogP contribution in [-0.4, -0.2) is 54.6 Å². The summed E-state index contributed by atoms with van der Waals surface area (Å²) in [4.78, 5) is 37.5. The first kappa shape index (κ1) is 25.1. The number of thiol groups is 1. The van der Waals surface area contributed by atoms with E-state index in [4.69, 9.17) is 14.5 Å². The Morgan fingerprint density at radius 1 is 1.30 bits per heavy atom. The number of rotatable bonds is 4. The summed E-state index contributed by atoms with van der Waals surface area (Å²) in [6, 6.07) is 9.01. The Hall–Kier alpha value is -3.52. The summed E-state index contributed by atoms with van der Waals surface area (Å²) in [5.41, 5.74) is 3.58. The van der Waals surface area contributed by atoms with Gasteiger partial charge in [0.15, 0.2) is 10.3 Å². The summed E-state index contributed by atoms with van der Waals surface area (Å²) < 4.78 is 11.1. The molecule has 1 amide bonds. The van der Waals surface area contributed by atoms with Crippen LogP contribution in [0.4, 0.5) is 0 Å². The van der Waals surface area contributed by atoms with Crippen LogP contribution in [-0.2, 0) is 9.53 Å². The quantitative estimate of drug-likeness (QED) is 0.530. The molecule has 5 rings (SSSR count). The minimum atomic E-state index is -1.43. The summed E-state index contributed by atoms with van der Waals surface area (Å²) in [5, 5.41) is 16.3. The molecule has 4 heterocycles. The van der Waals surface area contributed by atoms with Crippen molar-refractivity contribution in [3.63, 3.8) is 0 Å². The number of aliphatic imine (C=N–C) groups is 1. The van der Waals surface area contributed by atoms with Gasteiger partial charge in [-0.05, 0) is 44.0 Å². The fraction of sp³-hybridized carbons (Fsp3) is 0.370. The summed E-state index contributed by atoms with van der Waals surface area (Å²) in [6.07, 6.45) is 3.87. The van der Waals surface area contributed by atoms with Crippen LogP contribution in [0.5, 0.6) is 5.75 Å². The molecule has 0 bridgehead atoms. The summed E-state index contributed by atoms with van der Waals surface area (Å²) >= 11 is 0. The number of nitrogens with one attached hydrogen (secondary N) is 2. The molecule has 1 saturated heterocycles. The highest BCUT2D eigenvalue weighted by atomic mass is 32.2. The number of amides is 1. The molecule has 10 heteroatoms. The molecule has 0 radical (unpaired) electrons. The SMILES string of the molecule is COc1ccc(C#N)cc1-c1cc(C)ncc1C(=O)NC1=NC2=C(CNCC2)[SH]1C(=O)[C@@H]1CCCOC1. The van der Waals surface area contributed by atoms with Gasteiger partial charge >= 0.3 is 0 Å². The van der Waals surface area contributed by atoms with Crippen LogP contribution in [0.15, 0.2) is 46.1 Å². The Labute approximate surface area is 218 Å². The van der Waals surface area contributed by atoms with Crippen molar-refractivity contribution in [1.29, 1.82) is 5.26 Å². The van der Waals surface area contributed by atoms with E-state index in [1.54, 1.807) is 31.4 Å². The van der Waals surface area contributed by atoms with E-state index in [1.165, 1.54) is 6.20 Å². The Morgan fingerprint density at radius 3 is 2.92 bits per heavy atom. The van der Waals surface area contributed by atoms with Gasteiger partial charge in [-0.2, -0.15) is 5.26 Å². The van der Waals surface area contributed by atoms with Gasteiger partial charge in [0.05, 0.1) is 42.5 Å². The van der Waals surface area contributed by atoms with E-state index in [9.17, 15) is 14.9 Å². The number of aromatic nitrogens is 1. The van der Waals surface area contributed by atoms with Crippen LogP contribution in [0.3, 0.4) is 0 Å². The third kappa shape index (κ3) is 5.03. The zero-order valence-electron chi connectivity index (χ0n) is 20.8. The normalized spacial score (nSPS) is 22.0. The monoisotopic (exact) mass is 519 g/mol. The van der Waals surface area contributed by atoms with Gasteiger partial charge in [-0.15, -0.1) is 10.9 Å². The smallest absolute Gasteiger partial charge is 0.259 e. The lowest BCUT2D eigenvalue weighted by atomic mass is 9.97. The molecule has 1 aromatic carbocycles. The maximum Gasteiger partial charge on any atom is 0.259 e. The van der Waals surface area contributed by atoms with Crippen LogP contribution in [0.25, 0.3) is 11.1 Å². The second-order valence-corrected chi connectivity index (χ2v) is 11.3. The van der Waals surface area contributed by atoms with Crippen LogP contribution in [0.1, 0.15) is 40.9 Å². The van der Waals surface area contributed by atoms with E-state index < -0.39 is 16.8 Å². The number of ether oxygens (including phenoxy) is 2. The van der Waals surface area contributed by atoms with Gasteiger partial charge in [0.2, 0.25) is 0 Å². The fourth-order valence-corrected chi connectivity index (χ4v) is 7.28. The number of hydrogen-bond donors (Lipinski definition) is 3. The minimum absolute atomic E-state index is 0.105. The molecule has 3 aliphatic heterocycles. The topological polar surface area (TPSA) is 126 Å². The largest absolute Gasteiger partial charge is 0.496 e. The van der Waals surface area contributed by atoms with Gasteiger partial charge in [-0.25, -0.2) is 4.99 Å². The van der Waals surface area contributed by atoms with Gasteiger partial charge in [0.1, 0.15) is 5.75 Å². The molecular weight excluding hydrogens is 490 g/mol. The number of pyridine rings is 1. The highest BCUT2D eigenvalue weighted by Crippen LogP contribution is 2.48. The molecule has 0 spiro atoms. The Morgan fingerprint density at radius 2 is 2.16 bits per heavy atom. The lowest BCUT2D eigenvalue weighted by Crippen LogP contribution is -2.35. The maximum atomic E-state index is 13.7. The predicted molar refractivity (Wildman–Crippen MR) is 143 cm³/mol. The van der Waals surface area contributed by atoms with Gasteiger partial charge in [-0.1, -0.05) is 0 Å². The van der Waals surface area contributed by atoms with Crippen molar-refractivity contribution in [3.05, 3.63) is 57.9 Å². The third-order valence-electron chi connectivity index (χ3n) is 6.75. The summed E-state index contributed by atoms with van der Waals surface area (Å²) in [6.45, 7) is 4.31. The molecule has 3 aliphatic rings. The highest BCUT2D eigenvalue weighted by Gasteiger charge is 2.38. The maximum absolute atomic E-state index is 13.7. The predicted octanol–water partition coefficient (Wildman–Crippen LogP) is 3.20. The highest BCUT2D eigenvalue weighted by molar-refractivity contribution is 8.44. The summed E-state index contributed by atoms with van der Waals surface area (Å²) in [7, 11) is 0.114. The van der Waals surface area contributed by atoms with Crippen molar-refractivity contribution < 1.29 is 19.1 Å². The van der Waals surface area contributed by atoms with Crippen LogP contribution < -0.4 is 15.4 Å². The van der Waals surface area contributed by atoms with Gasteiger partial charge in [0, 0.05) is 54.0 Å². The zero-order valence-corrected chi connectivity index (χ0v) is 21.7. The lowest BCUT2D eigenvalue weighted by Gasteiger charge is -2.29. The number of carbonyl (C=O) groups excluding carboxylic acids is 2. The molecule has 2 N–H and O–H groups in total. The van der Waals surface area contributed by atoms with E-state index >= 15 is 0 Å². The molecule has 2 aromatic rings. The van der Waals surface area contributed by atoms with Crippen LogP contribution >= 0.6 is 10.9 Å². The van der Waals surface area contributed by atoms with Crippen molar-refractivity contribution in [2.24, 2.45) is 10.9 Å². The number of methoxy groups -OCH3 is 1. The van der Waals surface area contributed by atoms with Crippen molar-refractivity contribution in [2.75, 3.05) is 33.4 Å². The van der Waals surface area contributed by atoms with Gasteiger partial charge < -0.3 is 20.1 Å². The third-order valence-corrected chi connectivity index (χ3v) is 9.14. The Balaban J connectivity index is 1.49.